The summed E-state index contributed by atoms with van der Waals surface area (Å²) in [6, 6.07) is 14.5. The fraction of sp³-hybridized carbons (Fsp3) is 0.381. The van der Waals surface area contributed by atoms with Crippen molar-refractivity contribution in [3.63, 3.8) is 0 Å². The van der Waals surface area contributed by atoms with E-state index in [0.29, 0.717) is 5.69 Å². The van der Waals surface area contributed by atoms with Crippen molar-refractivity contribution in [3.8, 4) is 0 Å². The molecule has 3 N–H and O–H groups in total. The first-order valence-electron chi connectivity index (χ1n) is 9.31. The molecular weight excluding hydrogens is 329 g/mol. The molecule has 3 rings (SSSR count). The second-order valence-corrected chi connectivity index (χ2v) is 7.29. The SMILES string of the molecule is Cc1cccc(C[NH+]2CC[NH+]([C@H](C)C(=O)Nc3ccc(F)cc3)CC2)c1. The zero-order valence-corrected chi connectivity index (χ0v) is 15.5. The molecule has 1 aliphatic heterocycles. The average Bonchev–Trinajstić information content (AvgIpc) is 2.64. The lowest BCUT2D eigenvalue weighted by Crippen LogP contribution is -3.29. The van der Waals surface area contributed by atoms with Crippen LogP contribution in [0, 0.1) is 12.7 Å². The van der Waals surface area contributed by atoms with Gasteiger partial charge in [0.1, 0.15) is 38.5 Å². The maximum atomic E-state index is 13.0. The molecule has 2 aromatic rings. The lowest BCUT2D eigenvalue weighted by molar-refractivity contribution is -1.02. The van der Waals surface area contributed by atoms with Crippen LogP contribution in [0.5, 0.6) is 0 Å². The largest absolute Gasteiger partial charge is 0.322 e. The summed E-state index contributed by atoms with van der Waals surface area (Å²) in [6.07, 6.45) is 0. The number of aryl methyl sites for hydroxylation is 1. The van der Waals surface area contributed by atoms with Gasteiger partial charge < -0.3 is 15.1 Å². The number of anilines is 1. The van der Waals surface area contributed by atoms with Gasteiger partial charge in [-0.25, -0.2) is 4.39 Å². The van der Waals surface area contributed by atoms with Gasteiger partial charge in [0, 0.05) is 11.3 Å². The molecule has 138 valence electrons. The van der Waals surface area contributed by atoms with E-state index in [4.69, 9.17) is 0 Å². The molecule has 1 saturated heterocycles. The van der Waals surface area contributed by atoms with Crippen molar-refractivity contribution in [2.45, 2.75) is 26.4 Å². The van der Waals surface area contributed by atoms with Crippen LogP contribution in [0.2, 0.25) is 0 Å². The normalized spacial score (nSPS) is 21.2. The van der Waals surface area contributed by atoms with Crippen LogP contribution in [-0.2, 0) is 11.3 Å². The van der Waals surface area contributed by atoms with E-state index >= 15 is 0 Å². The number of benzene rings is 2. The third-order valence-corrected chi connectivity index (χ3v) is 5.25. The molecule has 0 aromatic heterocycles. The molecule has 1 aliphatic rings. The topological polar surface area (TPSA) is 38.0 Å². The van der Waals surface area contributed by atoms with E-state index in [1.54, 1.807) is 17.0 Å². The van der Waals surface area contributed by atoms with Gasteiger partial charge in [0.2, 0.25) is 0 Å². The molecule has 0 spiro atoms. The molecule has 26 heavy (non-hydrogen) atoms. The zero-order chi connectivity index (χ0) is 18.5. The third kappa shape index (κ3) is 4.90. The lowest BCUT2D eigenvalue weighted by Gasteiger charge is -2.32. The van der Waals surface area contributed by atoms with Crippen molar-refractivity contribution >= 4 is 11.6 Å². The van der Waals surface area contributed by atoms with E-state index < -0.39 is 0 Å². The summed E-state index contributed by atoms with van der Waals surface area (Å²) in [4.78, 5) is 15.4. The number of nitrogens with one attached hydrogen (secondary N) is 3. The van der Waals surface area contributed by atoms with Crippen LogP contribution in [0.1, 0.15) is 18.1 Å². The van der Waals surface area contributed by atoms with Gasteiger partial charge in [-0.2, -0.15) is 0 Å². The summed E-state index contributed by atoms with van der Waals surface area (Å²) in [5.74, 6) is -0.303. The number of hydrogen-bond donors (Lipinski definition) is 3. The number of amides is 1. The third-order valence-electron chi connectivity index (χ3n) is 5.25. The Morgan fingerprint density at radius 2 is 1.81 bits per heavy atom. The Morgan fingerprint density at radius 1 is 1.12 bits per heavy atom. The summed E-state index contributed by atoms with van der Waals surface area (Å²) in [5, 5.41) is 2.89. The summed E-state index contributed by atoms with van der Waals surface area (Å²) < 4.78 is 13.0. The van der Waals surface area contributed by atoms with Crippen molar-refractivity contribution < 1.29 is 19.0 Å². The van der Waals surface area contributed by atoms with Gasteiger partial charge in [-0.05, 0) is 38.1 Å². The van der Waals surface area contributed by atoms with Gasteiger partial charge >= 0.3 is 0 Å². The van der Waals surface area contributed by atoms with Gasteiger partial charge in [-0.15, -0.1) is 0 Å². The smallest absolute Gasteiger partial charge is 0.282 e. The Kier molecular flexibility index (Phi) is 6.01. The molecular formula is C21H28FN3O+2. The Hall–Kier alpha value is -2.24. The van der Waals surface area contributed by atoms with Crippen molar-refractivity contribution in [3.05, 3.63) is 65.5 Å². The zero-order valence-electron chi connectivity index (χ0n) is 15.5. The molecule has 1 amide bonds. The molecule has 1 atom stereocenters. The quantitative estimate of drug-likeness (QED) is 0.714. The second kappa shape index (κ2) is 8.43. The van der Waals surface area contributed by atoms with Crippen LogP contribution in [0.3, 0.4) is 0 Å². The van der Waals surface area contributed by atoms with E-state index in [0.717, 1.165) is 32.7 Å². The van der Waals surface area contributed by atoms with Gasteiger partial charge in [0.25, 0.3) is 5.91 Å². The number of halogens is 1. The highest BCUT2D eigenvalue weighted by Gasteiger charge is 2.31. The highest BCUT2D eigenvalue weighted by Crippen LogP contribution is 2.08. The molecule has 5 heteroatoms. The Labute approximate surface area is 154 Å². The Morgan fingerprint density at radius 3 is 2.46 bits per heavy atom. The molecule has 1 fully saturated rings. The number of hydrogen-bond acceptors (Lipinski definition) is 1. The minimum Gasteiger partial charge on any atom is -0.322 e. The molecule has 2 aromatic carbocycles. The van der Waals surface area contributed by atoms with Crippen LogP contribution in [0.15, 0.2) is 48.5 Å². The number of carbonyl (C=O) groups excluding carboxylic acids is 1. The summed E-state index contributed by atoms with van der Waals surface area (Å²) in [5.41, 5.74) is 3.33. The Balaban J connectivity index is 1.49. The fourth-order valence-corrected chi connectivity index (χ4v) is 3.61. The van der Waals surface area contributed by atoms with E-state index in [1.807, 2.05) is 6.92 Å². The number of carbonyl (C=O) groups is 1. The average molecular weight is 357 g/mol. The highest BCUT2D eigenvalue weighted by molar-refractivity contribution is 5.93. The molecule has 0 bridgehead atoms. The maximum absolute atomic E-state index is 13.0. The van der Waals surface area contributed by atoms with Crippen LogP contribution < -0.4 is 15.1 Å². The summed E-state index contributed by atoms with van der Waals surface area (Å²) >= 11 is 0. The minimum absolute atomic E-state index is 0.00579. The van der Waals surface area contributed by atoms with E-state index in [1.165, 1.54) is 28.2 Å². The molecule has 0 saturated carbocycles. The van der Waals surface area contributed by atoms with E-state index in [9.17, 15) is 9.18 Å². The second-order valence-electron chi connectivity index (χ2n) is 7.29. The molecule has 0 radical (unpaired) electrons. The molecule has 0 aliphatic carbocycles. The first kappa shape index (κ1) is 18.5. The van der Waals surface area contributed by atoms with Gasteiger partial charge in [0.05, 0.1) is 0 Å². The van der Waals surface area contributed by atoms with Crippen molar-refractivity contribution in [1.29, 1.82) is 0 Å². The van der Waals surface area contributed by atoms with Crippen LogP contribution in [-0.4, -0.2) is 38.1 Å². The van der Waals surface area contributed by atoms with Crippen molar-refractivity contribution in [1.82, 2.24) is 0 Å². The highest BCUT2D eigenvalue weighted by atomic mass is 19.1. The number of quaternary nitrogens is 2. The lowest BCUT2D eigenvalue weighted by atomic mass is 10.1. The van der Waals surface area contributed by atoms with Crippen LogP contribution in [0.25, 0.3) is 0 Å². The van der Waals surface area contributed by atoms with Crippen molar-refractivity contribution in [2.75, 3.05) is 31.5 Å². The first-order chi connectivity index (χ1) is 12.5. The fourth-order valence-electron chi connectivity index (χ4n) is 3.61. The summed E-state index contributed by atoms with van der Waals surface area (Å²) in [7, 11) is 0. The van der Waals surface area contributed by atoms with E-state index in [-0.39, 0.29) is 17.8 Å². The molecule has 1 heterocycles. The van der Waals surface area contributed by atoms with Crippen molar-refractivity contribution in [2.24, 2.45) is 0 Å². The molecule has 4 nitrogen and oxygen atoms in total. The predicted molar refractivity (Wildman–Crippen MR) is 101 cm³/mol. The minimum atomic E-state index is -0.297. The van der Waals surface area contributed by atoms with Gasteiger partial charge in [-0.3, -0.25) is 4.79 Å². The van der Waals surface area contributed by atoms with Crippen LogP contribution >= 0.6 is 0 Å². The number of piperazine rings is 1. The maximum Gasteiger partial charge on any atom is 0.282 e. The first-order valence-corrected chi connectivity index (χ1v) is 9.31. The predicted octanol–water partition coefficient (Wildman–Crippen LogP) is 0.445. The Bertz CT molecular complexity index is 739. The molecule has 0 unspecified atom stereocenters. The monoisotopic (exact) mass is 357 g/mol. The standard InChI is InChI=1S/C21H26FN3O/c1-16-4-3-5-18(14-16)15-24-10-12-25(13-11-24)17(2)21(26)23-20-8-6-19(22)7-9-20/h3-9,14,17H,10-13,15H2,1-2H3,(H,23,26)/p+2/t17-/m1/s1. The van der Waals surface area contributed by atoms with Crippen LogP contribution in [0.4, 0.5) is 10.1 Å². The number of rotatable bonds is 5. The summed E-state index contributed by atoms with van der Waals surface area (Å²) in [6.45, 7) is 9.25. The van der Waals surface area contributed by atoms with Gasteiger partial charge in [0.15, 0.2) is 6.04 Å². The van der Waals surface area contributed by atoms with E-state index in [2.05, 4.69) is 36.5 Å². The van der Waals surface area contributed by atoms with Gasteiger partial charge in [-0.1, -0.05) is 29.8 Å².